The van der Waals surface area contributed by atoms with Crippen molar-refractivity contribution in [1.29, 1.82) is 0 Å². The van der Waals surface area contributed by atoms with Gasteiger partial charge in [0, 0.05) is 22.5 Å². The fourth-order valence-electron chi connectivity index (χ4n) is 9.80. The summed E-state index contributed by atoms with van der Waals surface area (Å²) in [5, 5.41) is 9.90. The molecule has 0 N–H and O–H groups in total. The van der Waals surface area contributed by atoms with Gasteiger partial charge in [-0.25, -0.2) is 4.98 Å². The molecule has 11 aromatic rings. The van der Waals surface area contributed by atoms with Crippen molar-refractivity contribution in [3.05, 3.63) is 229 Å². The predicted molar refractivity (Wildman–Crippen MR) is 238 cm³/mol. The second-order valence-corrected chi connectivity index (χ2v) is 15.3. The Hall–Kier alpha value is -7.42. The minimum Gasteiger partial charge on any atom is -0.254 e. The van der Waals surface area contributed by atoms with Gasteiger partial charge in [-0.2, -0.15) is 0 Å². The Labute approximate surface area is 330 Å². The van der Waals surface area contributed by atoms with E-state index >= 15 is 0 Å². The summed E-state index contributed by atoms with van der Waals surface area (Å²) in [7, 11) is 0. The van der Waals surface area contributed by atoms with E-state index in [1.54, 1.807) is 0 Å². The van der Waals surface area contributed by atoms with Crippen molar-refractivity contribution in [3.63, 3.8) is 0 Å². The highest BCUT2D eigenvalue weighted by molar-refractivity contribution is 6.25. The summed E-state index contributed by atoms with van der Waals surface area (Å²) < 4.78 is 0. The van der Waals surface area contributed by atoms with Gasteiger partial charge in [-0.3, -0.25) is 4.98 Å². The molecule has 2 heterocycles. The van der Waals surface area contributed by atoms with Crippen LogP contribution in [0.25, 0.3) is 87.6 Å². The molecule has 1 aliphatic carbocycles. The molecule has 57 heavy (non-hydrogen) atoms. The summed E-state index contributed by atoms with van der Waals surface area (Å²) in [6.07, 6.45) is 1.85. The van der Waals surface area contributed by atoms with E-state index in [2.05, 4.69) is 194 Å². The summed E-state index contributed by atoms with van der Waals surface area (Å²) in [6.45, 7) is 0. The minimum absolute atomic E-state index is 0.536. The molecular formula is C55H34N2. The van der Waals surface area contributed by atoms with E-state index in [4.69, 9.17) is 9.97 Å². The van der Waals surface area contributed by atoms with E-state index in [9.17, 15) is 0 Å². The monoisotopic (exact) mass is 722 g/mol. The van der Waals surface area contributed by atoms with Gasteiger partial charge in [-0.1, -0.05) is 170 Å². The number of benzene rings is 9. The van der Waals surface area contributed by atoms with Crippen molar-refractivity contribution < 1.29 is 0 Å². The Morgan fingerprint density at radius 1 is 0.333 bits per heavy atom. The maximum atomic E-state index is 5.30. The van der Waals surface area contributed by atoms with E-state index < -0.39 is 5.41 Å². The first-order chi connectivity index (χ1) is 28.3. The molecule has 0 saturated carbocycles. The van der Waals surface area contributed by atoms with Crippen LogP contribution in [0, 0.1) is 0 Å². The molecule has 0 fully saturated rings. The predicted octanol–water partition coefficient (Wildman–Crippen LogP) is 13.9. The highest BCUT2D eigenvalue weighted by Crippen LogP contribution is 2.57. The van der Waals surface area contributed by atoms with Crippen LogP contribution in [-0.2, 0) is 5.41 Å². The summed E-state index contributed by atoms with van der Waals surface area (Å²) in [5.41, 5.74) is 13.3. The number of aromatic nitrogens is 2. The molecule has 2 nitrogen and oxygen atoms in total. The van der Waals surface area contributed by atoms with Crippen molar-refractivity contribution in [1.82, 2.24) is 9.97 Å². The third-order valence-electron chi connectivity index (χ3n) is 12.4. The van der Waals surface area contributed by atoms with Crippen LogP contribution in [0.1, 0.15) is 22.3 Å². The van der Waals surface area contributed by atoms with Gasteiger partial charge < -0.3 is 0 Å². The molecule has 2 aromatic heterocycles. The van der Waals surface area contributed by atoms with Gasteiger partial charge in [0.15, 0.2) is 0 Å². The van der Waals surface area contributed by atoms with Crippen LogP contribution in [-0.4, -0.2) is 9.97 Å². The zero-order valence-corrected chi connectivity index (χ0v) is 31.0. The topological polar surface area (TPSA) is 25.8 Å². The summed E-state index contributed by atoms with van der Waals surface area (Å²) >= 11 is 0. The fraction of sp³-hybridized carbons (Fsp3) is 0.0182. The van der Waals surface area contributed by atoms with Gasteiger partial charge in [0.2, 0.25) is 0 Å². The number of nitrogens with zero attached hydrogens (tertiary/aromatic N) is 2. The average Bonchev–Trinajstić information content (AvgIpc) is 3.59. The molecule has 0 bridgehead atoms. The fourth-order valence-corrected chi connectivity index (χ4v) is 9.80. The quantitative estimate of drug-likeness (QED) is 0.169. The first-order valence-corrected chi connectivity index (χ1v) is 19.6. The van der Waals surface area contributed by atoms with E-state index in [-0.39, 0.29) is 0 Å². The van der Waals surface area contributed by atoms with Gasteiger partial charge in [-0.15, -0.1) is 0 Å². The van der Waals surface area contributed by atoms with Crippen LogP contribution in [0.2, 0.25) is 0 Å². The smallest absolute Gasteiger partial charge is 0.0972 e. The van der Waals surface area contributed by atoms with Crippen molar-refractivity contribution in [2.24, 2.45) is 0 Å². The third-order valence-corrected chi connectivity index (χ3v) is 12.4. The van der Waals surface area contributed by atoms with Crippen molar-refractivity contribution in [2.75, 3.05) is 0 Å². The minimum atomic E-state index is -0.536. The first kappa shape index (κ1) is 31.9. The van der Waals surface area contributed by atoms with E-state index in [1.807, 2.05) is 12.3 Å². The molecule has 2 heteroatoms. The summed E-state index contributed by atoms with van der Waals surface area (Å²) in [5.74, 6) is 0. The Morgan fingerprint density at radius 2 is 0.895 bits per heavy atom. The second-order valence-electron chi connectivity index (χ2n) is 15.3. The zero-order chi connectivity index (χ0) is 37.5. The Bertz CT molecular complexity index is 3330. The first-order valence-electron chi connectivity index (χ1n) is 19.6. The number of pyridine rings is 2. The lowest BCUT2D eigenvalue weighted by molar-refractivity contribution is 0.769. The van der Waals surface area contributed by atoms with Crippen LogP contribution in [0.3, 0.4) is 0 Å². The van der Waals surface area contributed by atoms with E-state index in [1.165, 1.54) is 76.8 Å². The molecule has 0 amide bonds. The number of hydrogen-bond acceptors (Lipinski definition) is 2. The zero-order valence-electron chi connectivity index (χ0n) is 31.0. The second kappa shape index (κ2) is 12.3. The van der Waals surface area contributed by atoms with Crippen LogP contribution in [0.4, 0.5) is 0 Å². The molecule has 0 unspecified atom stereocenters. The lowest BCUT2D eigenvalue weighted by atomic mass is 9.67. The molecular weight excluding hydrogens is 689 g/mol. The average molecular weight is 723 g/mol. The Morgan fingerprint density at radius 3 is 1.60 bits per heavy atom. The molecule has 0 saturated heterocycles. The SMILES string of the molecule is c1ccc(C2(c3ccccc3)c3ccc(-c4ccc5c6ccccc6c6ccccc6c5c4)cc3-c3ccc(-c4ccc5ccc6cccnc6c5n4)cc32)cc1. The van der Waals surface area contributed by atoms with Gasteiger partial charge in [0.25, 0.3) is 0 Å². The summed E-state index contributed by atoms with van der Waals surface area (Å²) in [4.78, 5) is 10.0. The van der Waals surface area contributed by atoms with Gasteiger partial charge in [-0.05, 0) is 107 Å². The maximum Gasteiger partial charge on any atom is 0.0972 e. The van der Waals surface area contributed by atoms with Crippen LogP contribution < -0.4 is 0 Å². The van der Waals surface area contributed by atoms with Crippen molar-refractivity contribution in [2.45, 2.75) is 5.41 Å². The largest absolute Gasteiger partial charge is 0.254 e. The van der Waals surface area contributed by atoms with E-state index in [0.29, 0.717) is 0 Å². The standard InChI is InChI=1S/C55H34N2/c1-3-13-40(14-4-1)55(41-15-5-2-6-16-41)50-29-25-38(37-23-27-46-44-19-8-7-17-42(44)43-18-9-10-20-45(43)48(46)32-37)33-49(50)47-28-24-39(34-51(47)55)52-30-26-36-22-21-35-12-11-31-56-53(35)54(36)57-52/h1-34H. The Kier molecular flexibility index (Phi) is 6.88. The number of fused-ring (bicyclic) bond motifs is 12. The van der Waals surface area contributed by atoms with Crippen LogP contribution in [0.15, 0.2) is 206 Å². The normalized spacial score (nSPS) is 13.1. The molecule has 9 aromatic carbocycles. The van der Waals surface area contributed by atoms with Crippen molar-refractivity contribution in [3.8, 4) is 33.5 Å². The van der Waals surface area contributed by atoms with E-state index in [0.717, 1.165) is 33.1 Å². The van der Waals surface area contributed by atoms with Crippen LogP contribution >= 0.6 is 0 Å². The molecule has 0 spiro atoms. The lowest BCUT2D eigenvalue weighted by Gasteiger charge is -2.34. The van der Waals surface area contributed by atoms with Crippen LogP contribution in [0.5, 0.6) is 0 Å². The number of rotatable bonds is 4. The molecule has 12 rings (SSSR count). The molecule has 1 aliphatic rings. The maximum absolute atomic E-state index is 5.30. The van der Waals surface area contributed by atoms with Crippen molar-refractivity contribution >= 4 is 54.1 Å². The molecule has 264 valence electrons. The molecule has 0 aliphatic heterocycles. The molecule has 0 atom stereocenters. The summed E-state index contributed by atoms with van der Waals surface area (Å²) in [6, 6.07) is 73.5. The molecule has 0 radical (unpaired) electrons. The highest BCUT2D eigenvalue weighted by atomic mass is 14.8. The third kappa shape index (κ3) is 4.65. The Balaban J connectivity index is 1.10. The number of hydrogen-bond donors (Lipinski definition) is 0. The lowest BCUT2D eigenvalue weighted by Crippen LogP contribution is -2.28. The highest BCUT2D eigenvalue weighted by Gasteiger charge is 2.46. The van der Waals surface area contributed by atoms with Gasteiger partial charge in [0.1, 0.15) is 0 Å². The van der Waals surface area contributed by atoms with Gasteiger partial charge in [0.05, 0.1) is 22.1 Å². The van der Waals surface area contributed by atoms with Gasteiger partial charge >= 0.3 is 0 Å².